The Morgan fingerprint density at radius 1 is 1.20 bits per heavy atom. The smallest absolute Gasteiger partial charge is 0.240 e. The summed E-state index contributed by atoms with van der Waals surface area (Å²) in [6.45, 7) is 1.84. The highest BCUT2D eigenvalue weighted by Crippen LogP contribution is 2.31. The van der Waals surface area contributed by atoms with Gasteiger partial charge in [-0.3, -0.25) is 4.79 Å². The molecule has 1 aromatic carbocycles. The van der Waals surface area contributed by atoms with Crippen LogP contribution in [0.4, 0.5) is 5.69 Å². The number of rotatable bonds is 4. The molecule has 2 fully saturated rings. The van der Waals surface area contributed by atoms with Crippen molar-refractivity contribution in [2.45, 2.75) is 50.1 Å². The van der Waals surface area contributed by atoms with Gasteiger partial charge in [0.05, 0.1) is 18.3 Å². The first-order valence-electron chi connectivity index (χ1n) is 8.60. The zero-order chi connectivity index (χ0) is 16.3. The summed E-state index contributed by atoms with van der Waals surface area (Å²) in [6.07, 6.45) is 5.66. The van der Waals surface area contributed by atoms with Gasteiger partial charge in [-0.05, 0) is 37.8 Å². The van der Waals surface area contributed by atoms with E-state index in [1.807, 2.05) is 18.2 Å². The molecule has 1 aromatic rings. The second kappa shape index (κ2) is 9.51. The van der Waals surface area contributed by atoms with Gasteiger partial charge in [-0.2, -0.15) is 0 Å². The largest absolute Gasteiger partial charge is 0.495 e. The molecule has 0 atom stereocenters. The molecule has 25 heavy (non-hydrogen) atoms. The molecule has 1 aliphatic carbocycles. The number of carbonyl (C=O) groups excluding carboxylic acids is 1. The lowest BCUT2D eigenvalue weighted by Crippen LogP contribution is -2.56. The van der Waals surface area contributed by atoms with Crippen LogP contribution in [0.5, 0.6) is 5.75 Å². The molecule has 0 spiro atoms. The lowest BCUT2D eigenvalue weighted by Gasteiger charge is -2.36. The van der Waals surface area contributed by atoms with E-state index in [1.54, 1.807) is 7.11 Å². The van der Waals surface area contributed by atoms with E-state index >= 15 is 0 Å². The molecule has 1 saturated heterocycles. The summed E-state index contributed by atoms with van der Waals surface area (Å²) in [5.41, 5.74) is 6.74. The van der Waals surface area contributed by atoms with E-state index in [-0.39, 0.29) is 36.8 Å². The molecule has 142 valence electrons. The van der Waals surface area contributed by atoms with E-state index in [0.29, 0.717) is 0 Å². The van der Waals surface area contributed by atoms with Gasteiger partial charge in [0.1, 0.15) is 5.75 Å². The highest BCUT2D eigenvalue weighted by molar-refractivity contribution is 5.86. The highest BCUT2D eigenvalue weighted by Gasteiger charge is 2.38. The first-order valence-corrected chi connectivity index (χ1v) is 8.60. The van der Waals surface area contributed by atoms with Crippen molar-refractivity contribution in [3.05, 3.63) is 24.3 Å². The Balaban J connectivity index is 0.00000156. The van der Waals surface area contributed by atoms with Crippen LogP contribution in [-0.4, -0.2) is 37.7 Å². The minimum absolute atomic E-state index is 0. The summed E-state index contributed by atoms with van der Waals surface area (Å²) in [4.78, 5) is 14.7. The Morgan fingerprint density at radius 3 is 2.40 bits per heavy atom. The summed E-state index contributed by atoms with van der Waals surface area (Å²) >= 11 is 0. The first kappa shape index (κ1) is 21.9. The molecule has 1 heterocycles. The molecular weight excluding hydrogens is 361 g/mol. The number of nitrogens with one attached hydrogen (secondary N) is 1. The van der Waals surface area contributed by atoms with Crippen LogP contribution in [0.1, 0.15) is 38.5 Å². The number of nitrogens with two attached hydrogens (primary N) is 1. The second-order valence-electron chi connectivity index (χ2n) is 6.77. The summed E-state index contributed by atoms with van der Waals surface area (Å²) in [6, 6.07) is 8.32. The van der Waals surface area contributed by atoms with Gasteiger partial charge < -0.3 is 20.7 Å². The van der Waals surface area contributed by atoms with Gasteiger partial charge in [0.25, 0.3) is 0 Å². The zero-order valence-electron chi connectivity index (χ0n) is 14.7. The molecule has 1 saturated carbocycles. The van der Waals surface area contributed by atoms with Crippen molar-refractivity contribution in [2.75, 3.05) is 25.1 Å². The minimum atomic E-state index is -0.625. The molecular formula is C18H29Cl2N3O2. The Morgan fingerprint density at radius 2 is 1.80 bits per heavy atom. The fourth-order valence-electron chi connectivity index (χ4n) is 3.72. The summed E-state index contributed by atoms with van der Waals surface area (Å²) in [5.74, 6) is 0.951. The van der Waals surface area contributed by atoms with Gasteiger partial charge in [-0.15, -0.1) is 24.8 Å². The maximum Gasteiger partial charge on any atom is 0.240 e. The molecule has 3 rings (SSSR count). The quantitative estimate of drug-likeness (QED) is 0.830. The lowest BCUT2D eigenvalue weighted by molar-refractivity contribution is -0.127. The molecule has 7 heteroatoms. The Hall–Kier alpha value is -1.17. The number of hydrogen-bond acceptors (Lipinski definition) is 4. The van der Waals surface area contributed by atoms with Gasteiger partial charge in [0.15, 0.2) is 0 Å². The van der Waals surface area contributed by atoms with Gasteiger partial charge in [-0.1, -0.05) is 25.0 Å². The number of hydrogen-bond donors (Lipinski definition) is 2. The molecule has 2 aliphatic rings. The summed E-state index contributed by atoms with van der Waals surface area (Å²) in [7, 11) is 1.70. The van der Waals surface area contributed by atoms with Crippen molar-refractivity contribution in [1.82, 2.24) is 5.32 Å². The number of anilines is 1. The number of halogens is 2. The van der Waals surface area contributed by atoms with Gasteiger partial charge in [0.2, 0.25) is 5.91 Å². The Kier molecular flexibility index (Phi) is 8.32. The summed E-state index contributed by atoms with van der Waals surface area (Å²) < 4.78 is 5.44. The molecule has 1 amide bonds. The number of piperidine rings is 1. The van der Waals surface area contributed by atoms with Crippen LogP contribution >= 0.6 is 24.8 Å². The van der Waals surface area contributed by atoms with E-state index in [2.05, 4.69) is 16.3 Å². The maximum absolute atomic E-state index is 12.4. The van der Waals surface area contributed by atoms with E-state index in [4.69, 9.17) is 10.5 Å². The van der Waals surface area contributed by atoms with Gasteiger partial charge in [0, 0.05) is 19.1 Å². The monoisotopic (exact) mass is 389 g/mol. The zero-order valence-corrected chi connectivity index (χ0v) is 16.3. The van der Waals surface area contributed by atoms with E-state index < -0.39 is 5.54 Å². The number of nitrogens with zero attached hydrogens (tertiary/aromatic N) is 1. The van der Waals surface area contributed by atoms with Crippen molar-refractivity contribution in [3.8, 4) is 5.75 Å². The van der Waals surface area contributed by atoms with Crippen LogP contribution in [0, 0.1) is 0 Å². The fraction of sp³-hybridized carbons (Fsp3) is 0.611. The first-order chi connectivity index (χ1) is 11.1. The molecule has 1 aliphatic heterocycles. The van der Waals surface area contributed by atoms with E-state index in [9.17, 15) is 4.79 Å². The molecule has 0 radical (unpaired) electrons. The maximum atomic E-state index is 12.4. The topological polar surface area (TPSA) is 67.6 Å². The third-order valence-electron chi connectivity index (χ3n) is 5.20. The molecule has 5 nitrogen and oxygen atoms in total. The predicted molar refractivity (Wildman–Crippen MR) is 106 cm³/mol. The average Bonchev–Trinajstić information content (AvgIpc) is 3.04. The number of carbonyl (C=O) groups is 1. The number of methoxy groups -OCH3 is 1. The SMILES string of the molecule is COc1ccccc1N1CCC(NC(=O)C2(N)CCCC2)CC1.Cl.Cl. The van der Waals surface area contributed by atoms with Crippen LogP contribution in [-0.2, 0) is 4.79 Å². The van der Waals surface area contributed by atoms with Crippen LogP contribution in [0.15, 0.2) is 24.3 Å². The van der Waals surface area contributed by atoms with Crippen LogP contribution < -0.4 is 20.7 Å². The standard InChI is InChI=1S/C18H27N3O2.2ClH/c1-23-16-7-3-2-6-15(16)21-12-8-14(9-13-21)20-17(22)18(19)10-4-5-11-18;;/h2-3,6-7,14H,4-5,8-13,19H2,1H3,(H,20,22);2*1H. The lowest BCUT2D eigenvalue weighted by atomic mass is 9.96. The Bertz CT molecular complexity index is 557. The van der Waals surface area contributed by atoms with Crippen LogP contribution in [0.25, 0.3) is 0 Å². The molecule has 0 bridgehead atoms. The summed E-state index contributed by atoms with van der Waals surface area (Å²) in [5, 5.41) is 3.18. The van der Waals surface area contributed by atoms with Crippen molar-refractivity contribution < 1.29 is 9.53 Å². The molecule has 0 unspecified atom stereocenters. The van der Waals surface area contributed by atoms with E-state index in [1.165, 1.54) is 0 Å². The van der Waals surface area contributed by atoms with Crippen molar-refractivity contribution in [3.63, 3.8) is 0 Å². The van der Waals surface area contributed by atoms with Crippen LogP contribution in [0.2, 0.25) is 0 Å². The third-order valence-corrected chi connectivity index (χ3v) is 5.20. The van der Waals surface area contributed by atoms with E-state index in [0.717, 1.165) is 63.1 Å². The van der Waals surface area contributed by atoms with Crippen molar-refractivity contribution in [2.24, 2.45) is 5.73 Å². The third kappa shape index (κ3) is 4.93. The fourth-order valence-corrected chi connectivity index (χ4v) is 3.72. The van der Waals surface area contributed by atoms with Gasteiger partial charge >= 0.3 is 0 Å². The molecule has 0 aromatic heterocycles. The highest BCUT2D eigenvalue weighted by atomic mass is 35.5. The van der Waals surface area contributed by atoms with Crippen molar-refractivity contribution in [1.29, 1.82) is 0 Å². The van der Waals surface area contributed by atoms with Crippen LogP contribution in [0.3, 0.4) is 0 Å². The number of benzene rings is 1. The van der Waals surface area contributed by atoms with Gasteiger partial charge in [-0.25, -0.2) is 0 Å². The average molecular weight is 390 g/mol. The number of amides is 1. The normalized spacial score (nSPS) is 19.5. The Labute approximate surface area is 162 Å². The predicted octanol–water partition coefficient (Wildman–Crippen LogP) is 2.90. The number of ether oxygens (including phenoxy) is 1. The minimum Gasteiger partial charge on any atom is -0.495 e. The second-order valence-corrected chi connectivity index (χ2v) is 6.77. The van der Waals surface area contributed by atoms with Crippen molar-refractivity contribution >= 4 is 36.4 Å². The number of para-hydroxylation sites is 2. The molecule has 3 N–H and O–H groups in total.